The number of benzene rings is 1. The lowest BCUT2D eigenvalue weighted by Gasteiger charge is -2.21. The summed E-state index contributed by atoms with van der Waals surface area (Å²) >= 11 is 0. The molecule has 0 fully saturated rings. The van der Waals surface area contributed by atoms with Gasteiger partial charge < -0.3 is 5.73 Å². The van der Waals surface area contributed by atoms with Crippen LogP contribution in [0.3, 0.4) is 0 Å². The second-order valence-electron chi connectivity index (χ2n) is 4.36. The van der Waals surface area contributed by atoms with Crippen molar-refractivity contribution in [3.63, 3.8) is 0 Å². The second-order valence-corrected chi connectivity index (χ2v) is 6.30. The minimum Gasteiger partial charge on any atom is -0.330 e. The van der Waals surface area contributed by atoms with Crippen molar-refractivity contribution in [1.29, 1.82) is 0 Å². The Bertz CT molecular complexity index is 472. The Morgan fingerprint density at radius 2 is 2.00 bits per heavy atom. The molecule has 4 nitrogen and oxygen atoms in total. The van der Waals surface area contributed by atoms with Crippen LogP contribution in [0.25, 0.3) is 0 Å². The van der Waals surface area contributed by atoms with E-state index < -0.39 is 10.0 Å². The first-order valence-electron chi connectivity index (χ1n) is 6.29. The Morgan fingerprint density at radius 3 is 2.56 bits per heavy atom. The zero-order valence-electron chi connectivity index (χ0n) is 11.1. The van der Waals surface area contributed by atoms with Gasteiger partial charge in [-0.3, -0.25) is 0 Å². The number of nitrogens with zero attached hydrogens (tertiary/aromatic N) is 1. The highest BCUT2D eigenvalue weighted by atomic mass is 32.2. The monoisotopic (exact) mass is 270 g/mol. The van der Waals surface area contributed by atoms with Crippen LogP contribution < -0.4 is 5.73 Å². The maximum Gasteiger partial charge on any atom is 0.243 e. The third-order valence-electron chi connectivity index (χ3n) is 2.71. The molecular formula is C13H22N2O2S. The van der Waals surface area contributed by atoms with E-state index in [2.05, 4.69) is 0 Å². The third-order valence-corrected chi connectivity index (χ3v) is 4.61. The van der Waals surface area contributed by atoms with Crippen LogP contribution in [-0.4, -0.2) is 32.4 Å². The van der Waals surface area contributed by atoms with Crippen molar-refractivity contribution >= 4 is 10.0 Å². The van der Waals surface area contributed by atoms with Crippen molar-refractivity contribution in [2.24, 2.45) is 5.73 Å². The van der Waals surface area contributed by atoms with Crippen molar-refractivity contribution in [1.82, 2.24) is 4.31 Å². The zero-order chi connectivity index (χ0) is 13.6. The molecule has 0 unspecified atom stereocenters. The maximum absolute atomic E-state index is 12.5. The summed E-state index contributed by atoms with van der Waals surface area (Å²) < 4.78 is 26.5. The molecule has 0 heterocycles. The molecule has 0 aromatic heterocycles. The van der Waals surface area contributed by atoms with E-state index in [0.717, 1.165) is 12.0 Å². The van der Waals surface area contributed by atoms with E-state index in [9.17, 15) is 8.42 Å². The van der Waals surface area contributed by atoms with Gasteiger partial charge in [-0.2, -0.15) is 4.31 Å². The van der Waals surface area contributed by atoms with Crippen molar-refractivity contribution in [2.45, 2.75) is 31.6 Å². The summed E-state index contributed by atoms with van der Waals surface area (Å²) in [7, 11) is -3.38. The average Bonchev–Trinajstić information content (AvgIpc) is 2.34. The summed E-state index contributed by atoms with van der Waals surface area (Å²) in [5.74, 6) is 0. The fourth-order valence-electron chi connectivity index (χ4n) is 1.79. The summed E-state index contributed by atoms with van der Waals surface area (Å²) in [5, 5.41) is 0. The van der Waals surface area contributed by atoms with Crippen LogP contribution in [-0.2, 0) is 10.0 Å². The number of hydrogen-bond donors (Lipinski definition) is 1. The molecule has 1 aromatic rings. The second kappa shape index (κ2) is 6.87. The standard InChI is InChI=1S/C13H22N2O2S/c1-3-9-15(10-5-8-14)18(16,17)13-7-4-6-12(2)11-13/h4,6-7,11H,3,5,8-10,14H2,1-2H3. The summed E-state index contributed by atoms with van der Waals surface area (Å²) in [6.45, 7) is 5.39. The van der Waals surface area contributed by atoms with Gasteiger partial charge in [-0.15, -0.1) is 0 Å². The molecule has 102 valence electrons. The lowest BCUT2D eigenvalue weighted by Crippen LogP contribution is -2.33. The summed E-state index contributed by atoms with van der Waals surface area (Å²) in [4.78, 5) is 0.368. The lowest BCUT2D eigenvalue weighted by atomic mass is 10.2. The zero-order valence-corrected chi connectivity index (χ0v) is 11.9. The van der Waals surface area contributed by atoms with Gasteiger partial charge in [0.2, 0.25) is 10.0 Å². The van der Waals surface area contributed by atoms with Crippen LogP contribution in [0.15, 0.2) is 29.2 Å². The van der Waals surface area contributed by atoms with E-state index in [1.807, 2.05) is 19.9 Å². The molecule has 0 atom stereocenters. The Labute approximate surface area is 110 Å². The SMILES string of the molecule is CCCN(CCCN)S(=O)(=O)c1cccc(C)c1. The van der Waals surface area contributed by atoms with Crippen LogP contribution in [0.5, 0.6) is 0 Å². The largest absolute Gasteiger partial charge is 0.330 e. The van der Waals surface area contributed by atoms with Crippen LogP contribution >= 0.6 is 0 Å². The van der Waals surface area contributed by atoms with Gasteiger partial charge >= 0.3 is 0 Å². The first-order valence-corrected chi connectivity index (χ1v) is 7.73. The van der Waals surface area contributed by atoms with Crippen molar-refractivity contribution in [3.8, 4) is 0 Å². The Hall–Kier alpha value is -0.910. The van der Waals surface area contributed by atoms with Gasteiger partial charge in [-0.1, -0.05) is 19.1 Å². The average molecular weight is 270 g/mol. The predicted octanol–water partition coefficient (Wildman–Crippen LogP) is 1.74. The van der Waals surface area contributed by atoms with Gasteiger partial charge in [-0.05, 0) is 44.0 Å². The third kappa shape index (κ3) is 3.80. The fraction of sp³-hybridized carbons (Fsp3) is 0.538. The molecule has 0 aliphatic carbocycles. The molecule has 18 heavy (non-hydrogen) atoms. The van der Waals surface area contributed by atoms with Crippen molar-refractivity contribution < 1.29 is 8.42 Å². The lowest BCUT2D eigenvalue weighted by molar-refractivity contribution is 0.406. The molecule has 2 N–H and O–H groups in total. The van der Waals surface area contributed by atoms with Crippen LogP contribution in [0, 0.1) is 6.92 Å². The normalized spacial score (nSPS) is 12.0. The summed E-state index contributed by atoms with van der Waals surface area (Å²) in [5.41, 5.74) is 6.41. The van der Waals surface area contributed by atoms with Gasteiger partial charge in [0, 0.05) is 13.1 Å². The van der Waals surface area contributed by atoms with E-state index in [0.29, 0.717) is 31.0 Å². The Morgan fingerprint density at radius 1 is 1.28 bits per heavy atom. The molecule has 0 spiro atoms. The van der Waals surface area contributed by atoms with E-state index in [1.165, 1.54) is 4.31 Å². The maximum atomic E-state index is 12.5. The van der Waals surface area contributed by atoms with E-state index in [4.69, 9.17) is 5.73 Å². The minimum atomic E-state index is -3.38. The first kappa shape index (κ1) is 15.1. The number of rotatable bonds is 7. The van der Waals surface area contributed by atoms with E-state index in [1.54, 1.807) is 18.2 Å². The highest BCUT2D eigenvalue weighted by Gasteiger charge is 2.22. The predicted molar refractivity (Wildman–Crippen MR) is 73.9 cm³/mol. The van der Waals surface area contributed by atoms with Gasteiger partial charge in [0.05, 0.1) is 4.90 Å². The molecule has 0 aliphatic rings. The van der Waals surface area contributed by atoms with E-state index >= 15 is 0 Å². The molecule has 0 aliphatic heterocycles. The number of aryl methyl sites for hydroxylation is 1. The van der Waals surface area contributed by atoms with Gasteiger partial charge in [0.15, 0.2) is 0 Å². The molecule has 1 rings (SSSR count). The highest BCUT2D eigenvalue weighted by molar-refractivity contribution is 7.89. The molecule has 0 bridgehead atoms. The van der Waals surface area contributed by atoms with Gasteiger partial charge in [0.1, 0.15) is 0 Å². The van der Waals surface area contributed by atoms with Crippen LogP contribution in [0.4, 0.5) is 0 Å². The van der Waals surface area contributed by atoms with Gasteiger partial charge in [-0.25, -0.2) is 8.42 Å². The quantitative estimate of drug-likeness (QED) is 0.821. The molecule has 0 saturated heterocycles. The topological polar surface area (TPSA) is 63.4 Å². The molecular weight excluding hydrogens is 248 g/mol. The van der Waals surface area contributed by atoms with Gasteiger partial charge in [0.25, 0.3) is 0 Å². The molecule has 5 heteroatoms. The highest BCUT2D eigenvalue weighted by Crippen LogP contribution is 2.17. The smallest absolute Gasteiger partial charge is 0.243 e. The first-order chi connectivity index (χ1) is 8.52. The minimum absolute atomic E-state index is 0.368. The van der Waals surface area contributed by atoms with Crippen molar-refractivity contribution in [2.75, 3.05) is 19.6 Å². The van der Waals surface area contributed by atoms with Crippen LogP contribution in [0.1, 0.15) is 25.3 Å². The molecule has 0 saturated carbocycles. The number of nitrogens with two attached hydrogens (primary N) is 1. The van der Waals surface area contributed by atoms with Crippen LogP contribution in [0.2, 0.25) is 0 Å². The molecule has 0 amide bonds. The Kier molecular flexibility index (Phi) is 5.78. The Balaban J connectivity index is 3.00. The molecule has 0 radical (unpaired) electrons. The summed E-state index contributed by atoms with van der Waals surface area (Å²) in [6.07, 6.45) is 1.49. The fourth-order valence-corrected chi connectivity index (χ4v) is 3.47. The van der Waals surface area contributed by atoms with E-state index in [-0.39, 0.29) is 0 Å². The molecule has 1 aromatic carbocycles. The summed E-state index contributed by atoms with van der Waals surface area (Å²) in [6, 6.07) is 7.02. The number of hydrogen-bond acceptors (Lipinski definition) is 3. The number of sulfonamides is 1. The van der Waals surface area contributed by atoms with Crippen molar-refractivity contribution in [3.05, 3.63) is 29.8 Å².